The number of nitrogens with zero attached hydrogens (tertiary/aromatic N) is 7. The summed E-state index contributed by atoms with van der Waals surface area (Å²) in [7, 11) is -6.13. The van der Waals surface area contributed by atoms with Gasteiger partial charge in [-0.3, -0.25) is 18.9 Å². The van der Waals surface area contributed by atoms with E-state index in [0.717, 1.165) is 10.9 Å². The number of H-pyrrole nitrogens is 1. The fourth-order valence-electron chi connectivity index (χ4n) is 4.83. The minimum absolute atomic E-state index is 0.107. The van der Waals surface area contributed by atoms with E-state index in [0.29, 0.717) is 11.2 Å². The van der Waals surface area contributed by atoms with Gasteiger partial charge in [0.1, 0.15) is 43.5 Å². The van der Waals surface area contributed by atoms with Gasteiger partial charge < -0.3 is 26.0 Å². The molecule has 228 valence electrons. The lowest BCUT2D eigenvalue weighted by Gasteiger charge is -2.15. The second-order valence-electron chi connectivity index (χ2n) is 9.42. The number of alkyl halides is 1. The molecule has 43 heavy (non-hydrogen) atoms. The average Bonchev–Trinajstić information content (AvgIpc) is 3.72. The van der Waals surface area contributed by atoms with Gasteiger partial charge in [-0.05, 0) is 0 Å². The molecule has 9 atom stereocenters. The maximum absolute atomic E-state index is 15.7. The summed E-state index contributed by atoms with van der Waals surface area (Å²) in [5.74, 6) is -0.0864. The Balaban J connectivity index is 1.13. The van der Waals surface area contributed by atoms with E-state index in [2.05, 4.69) is 34.4 Å². The van der Waals surface area contributed by atoms with Crippen molar-refractivity contribution in [2.75, 3.05) is 24.7 Å². The summed E-state index contributed by atoms with van der Waals surface area (Å²) in [6.07, 6.45) is -5.40. The first kappa shape index (κ1) is 29.4. The van der Waals surface area contributed by atoms with E-state index in [1.54, 1.807) is 4.57 Å². The van der Waals surface area contributed by atoms with Crippen LogP contribution in [0.3, 0.4) is 0 Å². The number of anilines is 2. The van der Waals surface area contributed by atoms with Gasteiger partial charge in [0.05, 0.1) is 18.8 Å². The fourth-order valence-corrected chi connectivity index (χ4v) is 5.88. The zero-order valence-corrected chi connectivity index (χ0v) is 23.4. The Bertz CT molecular complexity index is 1750. The highest BCUT2D eigenvalue weighted by Gasteiger charge is 2.53. The average molecular weight is 644 g/mol. The van der Waals surface area contributed by atoms with Gasteiger partial charge in [-0.25, -0.2) is 24.3 Å². The molecule has 4 aromatic heterocycles. The minimum Gasteiger partial charge on any atom is -0.390 e. The normalized spacial score (nSPS) is 28.2. The molecule has 23 heteroatoms. The van der Waals surface area contributed by atoms with E-state index in [4.69, 9.17) is 34.9 Å². The summed E-state index contributed by atoms with van der Waals surface area (Å²) in [6.45, 7) is -1.04. The van der Waals surface area contributed by atoms with Crippen molar-refractivity contribution in [1.82, 2.24) is 39.0 Å². The van der Waals surface area contributed by atoms with Crippen molar-refractivity contribution in [2.24, 2.45) is 0 Å². The van der Waals surface area contributed by atoms with Crippen molar-refractivity contribution >= 4 is 50.6 Å². The highest BCUT2D eigenvalue weighted by Crippen LogP contribution is 2.42. The van der Waals surface area contributed by atoms with E-state index in [-0.39, 0.29) is 29.4 Å². The van der Waals surface area contributed by atoms with Crippen molar-refractivity contribution < 1.29 is 46.6 Å². The van der Waals surface area contributed by atoms with Crippen LogP contribution in [0.15, 0.2) is 23.8 Å². The number of imidazole rings is 2. The highest BCUT2D eigenvalue weighted by molar-refractivity contribution is 7.33. The van der Waals surface area contributed by atoms with E-state index in [1.165, 1.54) is 12.7 Å². The number of hydrogen-bond donors (Lipinski definition) is 5. The first-order valence-corrected chi connectivity index (χ1v) is 14.7. The molecule has 6 rings (SSSR count). The zero-order chi connectivity index (χ0) is 30.4. The number of nitrogen functional groups attached to an aromatic ring is 2. The Labute approximate surface area is 240 Å². The molecule has 7 N–H and O–H groups in total. The fraction of sp³-hybridized carbons (Fsp3) is 0.500. The summed E-state index contributed by atoms with van der Waals surface area (Å²) >= 11 is 0. The number of hydrogen-bond acceptors (Lipinski definition) is 16. The Morgan fingerprint density at radius 3 is 2.58 bits per heavy atom. The summed E-state index contributed by atoms with van der Waals surface area (Å²) < 4.78 is 69.0. The third-order valence-electron chi connectivity index (χ3n) is 6.79. The quantitative estimate of drug-likeness (QED) is 0.139. The molecule has 0 spiro atoms. The van der Waals surface area contributed by atoms with E-state index in [1.807, 2.05) is 0 Å². The van der Waals surface area contributed by atoms with Crippen LogP contribution in [0, 0.1) is 0 Å². The highest BCUT2D eigenvalue weighted by atomic mass is 31.1. The summed E-state index contributed by atoms with van der Waals surface area (Å²) in [5.41, 5.74) is 11.2. The molecule has 6 heterocycles. The predicted octanol–water partition coefficient (Wildman–Crippen LogP) is -0.267. The molecule has 0 bridgehead atoms. The number of aliphatic hydroxyl groups excluding tert-OH is 1. The summed E-state index contributed by atoms with van der Waals surface area (Å²) in [5, 5.41) is 10.5. The number of fused-ring (bicyclic) bond motifs is 2. The molecule has 0 saturated carbocycles. The van der Waals surface area contributed by atoms with Gasteiger partial charge in [0, 0.05) is 15.6 Å². The van der Waals surface area contributed by atoms with Crippen LogP contribution in [-0.2, 0) is 32.2 Å². The van der Waals surface area contributed by atoms with Crippen molar-refractivity contribution in [3.05, 3.63) is 29.3 Å². The number of aromatic amines is 1. The van der Waals surface area contributed by atoms with Crippen LogP contribution in [0.5, 0.6) is 0 Å². The molecular formula is C20H23FN10O10P2+2. The number of aliphatic hydroxyl groups is 1. The summed E-state index contributed by atoms with van der Waals surface area (Å²) in [4.78, 5) is 43.5. The lowest BCUT2D eigenvalue weighted by atomic mass is 10.1. The minimum atomic E-state index is -3.09. The predicted molar refractivity (Wildman–Crippen MR) is 140 cm³/mol. The Morgan fingerprint density at radius 2 is 1.79 bits per heavy atom. The second kappa shape index (κ2) is 11.8. The number of halogens is 1. The summed E-state index contributed by atoms with van der Waals surface area (Å²) in [6, 6.07) is 0. The molecule has 4 aromatic rings. The SMILES string of the molecule is Nc1nc2c(ncn2[C@@H]2O[C@H](CO[P+](=O)O)[C@@H](O[P+](=O)OC[C@H]3O[C@@H](n4cnc5c(N)ncnc54)C[C@@H]3O)[C@H]2F)c(=O)[nH]1. The van der Waals surface area contributed by atoms with Crippen molar-refractivity contribution in [2.45, 2.75) is 49.5 Å². The Kier molecular flexibility index (Phi) is 8.07. The van der Waals surface area contributed by atoms with E-state index < -0.39 is 78.3 Å². The number of nitrogens with two attached hydrogens (primary N) is 2. The van der Waals surface area contributed by atoms with Gasteiger partial charge in [0.15, 0.2) is 41.1 Å². The molecule has 0 amide bonds. The van der Waals surface area contributed by atoms with Crippen LogP contribution in [0.1, 0.15) is 18.9 Å². The van der Waals surface area contributed by atoms with Crippen LogP contribution < -0.4 is 17.0 Å². The van der Waals surface area contributed by atoms with E-state index >= 15 is 4.39 Å². The van der Waals surface area contributed by atoms with Gasteiger partial charge in [0.2, 0.25) is 5.95 Å². The first-order chi connectivity index (χ1) is 20.6. The Hall–Kier alpha value is -3.65. The smallest absolute Gasteiger partial charge is 0.390 e. The number of aromatic nitrogens is 8. The molecule has 2 fully saturated rings. The van der Waals surface area contributed by atoms with Gasteiger partial charge in [-0.2, -0.15) is 4.98 Å². The Morgan fingerprint density at radius 1 is 1.05 bits per heavy atom. The van der Waals surface area contributed by atoms with E-state index in [9.17, 15) is 19.0 Å². The third-order valence-corrected chi connectivity index (χ3v) is 7.94. The number of nitrogens with one attached hydrogen (secondary N) is 1. The molecule has 2 aliphatic heterocycles. The van der Waals surface area contributed by atoms with Gasteiger partial charge >= 0.3 is 16.5 Å². The van der Waals surface area contributed by atoms with Crippen LogP contribution in [-0.4, -0.2) is 92.8 Å². The number of rotatable bonds is 10. The van der Waals surface area contributed by atoms with Crippen molar-refractivity contribution in [1.29, 1.82) is 0 Å². The first-order valence-electron chi connectivity index (χ1n) is 12.4. The molecule has 2 saturated heterocycles. The maximum atomic E-state index is 15.7. The van der Waals surface area contributed by atoms with Crippen LogP contribution in [0.25, 0.3) is 22.3 Å². The lowest BCUT2D eigenvalue weighted by molar-refractivity contribution is -0.0462. The molecule has 0 aromatic carbocycles. The van der Waals surface area contributed by atoms with Gasteiger partial charge in [-0.1, -0.05) is 0 Å². The third kappa shape index (κ3) is 5.69. The van der Waals surface area contributed by atoms with Crippen molar-refractivity contribution in [3.8, 4) is 0 Å². The topological polar surface area (TPSA) is 280 Å². The van der Waals surface area contributed by atoms with Crippen molar-refractivity contribution in [3.63, 3.8) is 0 Å². The van der Waals surface area contributed by atoms with Gasteiger partial charge in [-0.15, -0.1) is 18.5 Å². The van der Waals surface area contributed by atoms with Gasteiger partial charge in [0.25, 0.3) is 5.56 Å². The molecular weight excluding hydrogens is 621 g/mol. The monoisotopic (exact) mass is 644 g/mol. The van der Waals surface area contributed by atoms with Crippen LogP contribution >= 0.6 is 16.5 Å². The molecule has 0 radical (unpaired) electrons. The molecule has 2 unspecified atom stereocenters. The maximum Gasteiger partial charge on any atom is 0.697 e. The molecule has 20 nitrogen and oxygen atoms in total. The number of ether oxygens (including phenoxy) is 2. The molecule has 0 aliphatic carbocycles. The zero-order valence-electron chi connectivity index (χ0n) is 21.6. The lowest BCUT2D eigenvalue weighted by Crippen LogP contribution is -2.33. The molecule has 2 aliphatic rings. The van der Waals surface area contributed by atoms with Crippen LogP contribution in [0.4, 0.5) is 16.2 Å². The standard InChI is InChI=1S/C20H21FN10O10P2/c21-11-14(9(3-37-42(34)35)40-19(11)31-6-27-13-17(31)28-20(23)29-18(13)33)41-43(36)38-2-8-7(32)1-10(39-8)30-5-26-12-15(22)24-4-25-16(12)30/h4-11,14,19,32H,1-3H2,(H4-2,22,23,24,25,28,29,33,34,35)/p+2/t7-,8+,9+,10+,11+,14+,19+/m0/s1. The van der Waals surface area contributed by atoms with Crippen LogP contribution in [0.2, 0.25) is 0 Å². The largest absolute Gasteiger partial charge is 0.697 e. The second-order valence-corrected chi connectivity index (χ2v) is 11.1.